The molecule has 212 valence electrons. The Morgan fingerprint density at radius 2 is 1.79 bits per heavy atom. The number of nitrogens with two attached hydrogens (primary N) is 1. The Balaban J connectivity index is 2.54. The molecule has 0 aliphatic rings. The van der Waals surface area contributed by atoms with Crippen LogP contribution in [0.5, 0.6) is 5.75 Å². The number of carbonyl (C=O) groups excluding carboxylic acids is 4. The molecule has 0 aliphatic heterocycles. The Morgan fingerprint density at radius 1 is 1.13 bits per heavy atom. The Labute approximate surface area is 232 Å². The zero-order valence-corrected chi connectivity index (χ0v) is 23.1. The molecule has 0 saturated heterocycles. The van der Waals surface area contributed by atoms with Crippen LogP contribution in [-0.4, -0.2) is 63.7 Å². The van der Waals surface area contributed by atoms with Crippen LogP contribution in [0.4, 0.5) is 10.5 Å². The van der Waals surface area contributed by atoms with Crippen LogP contribution in [0.2, 0.25) is 5.02 Å². The zero-order chi connectivity index (χ0) is 29.3. The van der Waals surface area contributed by atoms with Crippen molar-refractivity contribution < 1.29 is 34.1 Å². The van der Waals surface area contributed by atoms with E-state index >= 15 is 0 Å². The first-order chi connectivity index (χ1) is 18.2. The number of halogens is 1. The molecule has 0 heterocycles. The summed E-state index contributed by atoms with van der Waals surface area (Å²) in [7, 11) is 0. The minimum absolute atomic E-state index is 0.159. The summed E-state index contributed by atoms with van der Waals surface area (Å²) in [6, 6.07) is 8.08. The molecule has 6 N–H and O–H groups in total. The first-order valence-electron chi connectivity index (χ1n) is 12.3. The number of phenolic OH excluding ortho intramolecular Hbond substituents is 1. The summed E-state index contributed by atoms with van der Waals surface area (Å²) in [5.74, 6) is -2.34. The first kappa shape index (κ1) is 31.4. The lowest BCUT2D eigenvalue weighted by Gasteiger charge is -2.34. The van der Waals surface area contributed by atoms with Gasteiger partial charge in [-0.15, -0.1) is 0 Å². The molecule has 0 radical (unpaired) electrons. The molecule has 0 spiro atoms. The lowest BCUT2D eigenvalue weighted by atomic mass is 10.0. The quantitative estimate of drug-likeness (QED) is 0.280. The number of anilines is 1. The molecule has 4 amide bonds. The minimum atomic E-state index is -1.37. The number of carbonyl (C=O) groups is 4. The van der Waals surface area contributed by atoms with E-state index in [-0.39, 0.29) is 35.7 Å². The van der Waals surface area contributed by atoms with Gasteiger partial charge in [-0.25, -0.2) is 4.79 Å². The van der Waals surface area contributed by atoms with Gasteiger partial charge in [0.2, 0.25) is 11.8 Å². The van der Waals surface area contributed by atoms with Crippen molar-refractivity contribution in [3.05, 3.63) is 58.6 Å². The summed E-state index contributed by atoms with van der Waals surface area (Å²) in [6.07, 6.45) is -1.35. The summed E-state index contributed by atoms with van der Waals surface area (Å²) < 4.78 is 5.27. The van der Waals surface area contributed by atoms with Gasteiger partial charge in [0, 0.05) is 13.0 Å². The van der Waals surface area contributed by atoms with Crippen LogP contribution in [-0.2, 0) is 19.1 Å². The van der Waals surface area contributed by atoms with Gasteiger partial charge in [-0.3, -0.25) is 14.4 Å². The number of rotatable bonds is 11. The third-order valence-corrected chi connectivity index (χ3v) is 5.82. The molecule has 0 fully saturated rings. The maximum atomic E-state index is 13.9. The number of aryl methyl sites for hydroxylation is 1. The fourth-order valence-electron chi connectivity index (χ4n) is 3.82. The molecule has 2 atom stereocenters. The summed E-state index contributed by atoms with van der Waals surface area (Å²) in [6.45, 7) is 5.81. The van der Waals surface area contributed by atoms with E-state index in [2.05, 4.69) is 10.6 Å². The number of phenols is 1. The fraction of sp³-hybridized carbons (Fsp3) is 0.407. The van der Waals surface area contributed by atoms with Crippen LogP contribution < -0.4 is 16.4 Å². The maximum absolute atomic E-state index is 13.9. The number of nitrogens with one attached hydrogen (secondary N) is 2. The first-order valence-corrected chi connectivity index (χ1v) is 12.7. The van der Waals surface area contributed by atoms with E-state index in [4.69, 9.17) is 22.1 Å². The maximum Gasteiger partial charge on any atom is 0.408 e. The average Bonchev–Trinajstić information content (AvgIpc) is 2.82. The number of benzene rings is 2. The molecule has 2 aromatic rings. The number of aromatic hydroxyl groups is 1. The van der Waals surface area contributed by atoms with Gasteiger partial charge >= 0.3 is 6.09 Å². The molecule has 2 rings (SSSR count). The van der Waals surface area contributed by atoms with Crippen LogP contribution >= 0.6 is 11.6 Å². The molecule has 11 nitrogen and oxygen atoms in total. The third-order valence-electron chi connectivity index (χ3n) is 5.51. The Hall–Kier alpha value is -3.83. The van der Waals surface area contributed by atoms with Gasteiger partial charge in [-0.1, -0.05) is 35.9 Å². The number of amides is 4. The highest BCUT2D eigenvalue weighted by atomic mass is 35.5. The van der Waals surface area contributed by atoms with Crippen LogP contribution in [0.3, 0.4) is 0 Å². The van der Waals surface area contributed by atoms with Crippen molar-refractivity contribution in [2.45, 2.75) is 58.2 Å². The standard InChI is InChI=1S/C27H35ClN4O7/c1-16-7-5-10-19(28)22(16)31-24(36)23(17-8-6-9-18(34)15-17)32(13-14-33)25(37)20(11-12-21(29)35)30-26(38)39-27(2,3)4/h5-10,15,20,23,33-34H,11-14H2,1-4H3,(H2,29,35)(H,30,38)(H,31,36). The van der Waals surface area contributed by atoms with Crippen molar-refractivity contribution in [3.63, 3.8) is 0 Å². The zero-order valence-electron chi connectivity index (χ0n) is 22.4. The van der Waals surface area contributed by atoms with Crippen LogP contribution in [0.25, 0.3) is 0 Å². The molecule has 2 unspecified atom stereocenters. The van der Waals surface area contributed by atoms with Crippen molar-refractivity contribution in [2.75, 3.05) is 18.5 Å². The smallest absolute Gasteiger partial charge is 0.408 e. The molecule has 0 aromatic heterocycles. The molecule has 39 heavy (non-hydrogen) atoms. The molecule has 0 saturated carbocycles. The second-order valence-corrected chi connectivity index (χ2v) is 10.3. The monoisotopic (exact) mass is 562 g/mol. The average molecular weight is 563 g/mol. The second kappa shape index (κ2) is 13.8. The van der Waals surface area contributed by atoms with Crippen molar-refractivity contribution in [1.29, 1.82) is 0 Å². The number of nitrogens with zero attached hydrogens (tertiary/aromatic N) is 1. The van der Waals surface area contributed by atoms with E-state index in [0.717, 1.165) is 4.90 Å². The van der Waals surface area contributed by atoms with E-state index in [1.54, 1.807) is 45.9 Å². The lowest BCUT2D eigenvalue weighted by Crippen LogP contribution is -2.53. The molecule has 2 aromatic carbocycles. The highest BCUT2D eigenvalue weighted by Crippen LogP contribution is 2.30. The van der Waals surface area contributed by atoms with Crippen molar-refractivity contribution in [3.8, 4) is 5.75 Å². The van der Waals surface area contributed by atoms with Crippen LogP contribution in [0, 0.1) is 6.92 Å². The number of hydrogen-bond acceptors (Lipinski definition) is 7. The van der Waals surface area contributed by atoms with Gasteiger partial charge < -0.3 is 36.2 Å². The van der Waals surface area contributed by atoms with Crippen LogP contribution in [0.15, 0.2) is 42.5 Å². The number of hydrogen-bond donors (Lipinski definition) is 5. The topological polar surface area (TPSA) is 171 Å². The predicted octanol–water partition coefficient (Wildman–Crippen LogP) is 3.01. The SMILES string of the molecule is Cc1cccc(Cl)c1NC(=O)C(c1cccc(O)c1)N(CCO)C(=O)C(CCC(N)=O)NC(=O)OC(C)(C)C. The summed E-state index contributed by atoms with van der Waals surface area (Å²) in [5.41, 5.74) is 5.63. The van der Waals surface area contributed by atoms with Gasteiger partial charge in [0.05, 0.1) is 17.3 Å². The number of alkyl carbamates (subject to hydrolysis) is 1. The van der Waals surface area contributed by atoms with Gasteiger partial charge in [0.25, 0.3) is 5.91 Å². The molecule has 0 aliphatic carbocycles. The third kappa shape index (κ3) is 9.45. The van der Waals surface area contributed by atoms with Crippen molar-refractivity contribution in [2.24, 2.45) is 5.73 Å². The van der Waals surface area contributed by atoms with Gasteiger partial charge in [-0.2, -0.15) is 0 Å². The summed E-state index contributed by atoms with van der Waals surface area (Å²) in [5, 5.41) is 25.4. The number of primary amides is 1. The van der Waals surface area contributed by atoms with Crippen LogP contribution in [0.1, 0.15) is 50.8 Å². The number of aliphatic hydroxyl groups is 1. The summed E-state index contributed by atoms with van der Waals surface area (Å²) in [4.78, 5) is 52.7. The number of para-hydroxylation sites is 1. The Morgan fingerprint density at radius 3 is 2.36 bits per heavy atom. The second-order valence-electron chi connectivity index (χ2n) is 9.88. The molecule has 0 bridgehead atoms. The van der Waals surface area contributed by atoms with E-state index in [1.165, 1.54) is 24.3 Å². The van der Waals surface area contributed by atoms with Gasteiger partial charge in [0.15, 0.2) is 0 Å². The molecular weight excluding hydrogens is 528 g/mol. The fourth-order valence-corrected chi connectivity index (χ4v) is 4.09. The predicted molar refractivity (Wildman–Crippen MR) is 146 cm³/mol. The van der Waals surface area contributed by atoms with E-state index in [9.17, 15) is 29.4 Å². The highest BCUT2D eigenvalue weighted by molar-refractivity contribution is 6.34. The largest absolute Gasteiger partial charge is 0.508 e. The van der Waals surface area contributed by atoms with E-state index in [1.807, 2.05) is 0 Å². The number of ether oxygens (including phenoxy) is 1. The minimum Gasteiger partial charge on any atom is -0.508 e. The number of aliphatic hydroxyl groups excluding tert-OH is 1. The Bertz CT molecular complexity index is 1180. The lowest BCUT2D eigenvalue weighted by molar-refractivity contribution is -0.141. The van der Waals surface area contributed by atoms with Gasteiger partial charge in [0.1, 0.15) is 23.4 Å². The van der Waals surface area contributed by atoms with Crippen molar-refractivity contribution in [1.82, 2.24) is 10.2 Å². The Kier molecular flexibility index (Phi) is 11.1. The normalized spacial score (nSPS) is 12.7. The molecule has 12 heteroatoms. The summed E-state index contributed by atoms with van der Waals surface area (Å²) >= 11 is 6.30. The highest BCUT2D eigenvalue weighted by Gasteiger charge is 2.36. The van der Waals surface area contributed by atoms with Crippen molar-refractivity contribution >= 4 is 41.1 Å². The van der Waals surface area contributed by atoms with E-state index in [0.29, 0.717) is 11.3 Å². The molecular formula is C27H35ClN4O7. The van der Waals surface area contributed by atoms with E-state index < -0.39 is 48.1 Å². The van der Waals surface area contributed by atoms with Gasteiger partial charge in [-0.05, 0) is 63.4 Å².